The van der Waals surface area contributed by atoms with Crippen LogP contribution in [0.2, 0.25) is 0 Å². The largest absolute Gasteiger partial charge is 0.465 e. The van der Waals surface area contributed by atoms with Gasteiger partial charge in [0.2, 0.25) is 0 Å². The number of carbonyl (C=O) groups is 2. The van der Waals surface area contributed by atoms with E-state index in [-0.39, 0.29) is 5.69 Å². The minimum Gasteiger partial charge on any atom is -0.465 e. The zero-order valence-corrected chi connectivity index (χ0v) is 9.13. The molecule has 0 aromatic carbocycles. The van der Waals surface area contributed by atoms with Crippen LogP contribution in [0, 0.1) is 13.8 Å². The SMILES string of the molecule is COC(=O)c1[nH]c(C)c(C(=O)OC)c1C. The Morgan fingerprint density at radius 3 is 2.07 bits per heavy atom. The molecule has 0 unspecified atom stereocenters. The number of carbonyl (C=O) groups excluding carboxylic acids is 2. The molecule has 5 heteroatoms. The van der Waals surface area contributed by atoms with Gasteiger partial charge in [-0.2, -0.15) is 0 Å². The molecule has 0 bridgehead atoms. The summed E-state index contributed by atoms with van der Waals surface area (Å²) in [6.07, 6.45) is 0. The molecule has 82 valence electrons. The molecular weight excluding hydrogens is 198 g/mol. The highest BCUT2D eigenvalue weighted by molar-refractivity contribution is 5.98. The number of hydrogen-bond donors (Lipinski definition) is 1. The number of esters is 2. The van der Waals surface area contributed by atoms with Crippen LogP contribution in [-0.4, -0.2) is 31.1 Å². The van der Waals surface area contributed by atoms with Crippen LogP contribution in [-0.2, 0) is 9.47 Å². The smallest absolute Gasteiger partial charge is 0.354 e. The first-order chi connectivity index (χ1) is 7.02. The van der Waals surface area contributed by atoms with Crippen molar-refractivity contribution in [3.8, 4) is 0 Å². The molecular formula is C10H13NO4. The molecule has 0 amide bonds. The quantitative estimate of drug-likeness (QED) is 0.746. The summed E-state index contributed by atoms with van der Waals surface area (Å²) in [5.74, 6) is -0.956. The lowest BCUT2D eigenvalue weighted by molar-refractivity contribution is 0.0593. The predicted molar refractivity (Wildman–Crippen MR) is 52.9 cm³/mol. The number of rotatable bonds is 2. The molecule has 0 spiro atoms. The third-order valence-electron chi connectivity index (χ3n) is 2.22. The highest BCUT2D eigenvalue weighted by atomic mass is 16.5. The van der Waals surface area contributed by atoms with Crippen molar-refractivity contribution in [2.24, 2.45) is 0 Å². The maximum atomic E-state index is 11.4. The van der Waals surface area contributed by atoms with Crippen molar-refractivity contribution in [1.82, 2.24) is 4.98 Å². The lowest BCUT2D eigenvalue weighted by Gasteiger charge is -1.99. The van der Waals surface area contributed by atoms with Gasteiger partial charge in [-0.3, -0.25) is 0 Å². The highest BCUT2D eigenvalue weighted by Gasteiger charge is 2.22. The Bertz CT molecular complexity index is 406. The molecule has 0 aliphatic carbocycles. The van der Waals surface area contributed by atoms with E-state index in [1.807, 2.05) is 0 Å². The fourth-order valence-electron chi connectivity index (χ4n) is 1.46. The summed E-state index contributed by atoms with van der Waals surface area (Å²) in [5, 5.41) is 0. The van der Waals surface area contributed by atoms with Gasteiger partial charge in [0.05, 0.1) is 19.8 Å². The van der Waals surface area contributed by atoms with Gasteiger partial charge in [0.15, 0.2) is 0 Å². The van der Waals surface area contributed by atoms with E-state index in [0.717, 1.165) is 0 Å². The molecule has 0 radical (unpaired) electrons. The van der Waals surface area contributed by atoms with Gasteiger partial charge >= 0.3 is 11.9 Å². The molecule has 5 nitrogen and oxygen atoms in total. The van der Waals surface area contributed by atoms with Crippen molar-refractivity contribution in [3.05, 3.63) is 22.5 Å². The van der Waals surface area contributed by atoms with Crippen LogP contribution in [0.4, 0.5) is 0 Å². The number of hydrogen-bond acceptors (Lipinski definition) is 4. The number of aromatic amines is 1. The average molecular weight is 211 g/mol. The van der Waals surface area contributed by atoms with E-state index in [9.17, 15) is 9.59 Å². The summed E-state index contributed by atoms with van der Waals surface area (Å²) in [6, 6.07) is 0. The van der Waals surface area contributed by atoms with Crippen LogP contribution in [0.5, 0.6) is 0 Å². The van der Waals surface area contributed by atoms with Crippen LogP contribution < -0.4 is 0 Å². The van der Waals surface area contributed by atoms with Crippen molar-refractivity contribution >= 4 is 11.9 Å². The molecule has 1 heterocycles. The van der Waals surface area contributed by atoms with E-state index in [4.69, 9.17) is 0 Å². The molecule has 0 saturated carbocycles. The van der Waals surface area contributed by atoms with E-state index in [2.05, 4.69) is 14.5 Å². The fraction of sp³-hybridized carbons (Fsp3) is 0.400. The second-order valence-electron chi connectivity index (χ2n) is 3.11. The summed E-state index contributed by atoms with van der Waals surface area (Å²) >= 11 is 0. The van der Waals surface area contributed by atoms with E-state index >= 15 is 0 Å². The number of methoxy groups -OCH3 is 2. The maximum absolute atomic E-state index is 11.4. The van der Waals surface area contributed by atoms with E-state index in [1.54, 1.807) is 13.8 Å². The van der Waals surface area contributed by atoms with Crippen molar-refractivity contribution in [1.29, 1.82) is 0 Å². The molecule has 0 fully saturated rings. The molecule has 1 rings (SSSR count). The van der Waals surface area contributed by atoms with Gasteiger partial charge in [-0.05, 0) is 19.4 Å². The lowest BCUT2D eigenvalue weighted by Crippen LogP contribution is -2.06. The summed E-state index contributed by atoms with van der Waals surface area (Å²) in [7, 11) is 2.59. The zero-order valence-electron chi connectivity index (χ0n) is 9.13. The van der Waals surface area contributed by atoms with E-state index < -0.39 is 11.9 Å². The number of H-pyrrole nitrogens is 1. The molecule has 0 aliphatic heterocycles. The first-order valence-electron chi connectivity index (χ1n) is 4.38. The maximum Gasteiger partial charge on any atom is 0.354 e. The second-order valence-corrected chi connectivity index (χ2v) is 3.11. The minimum absolute atomic E-state index is 0.287. The molecule has 0 atom stereocenters. The third kappa shape index (κ3) is 1.86. The van der Waals surface area contributed by atoms with E-state index in [0.29, 0.717) is 16.8 Å². The Balaban J connectivity index is 3.26. The van der Waals surface area contributed by atoms with Crippen LogP contribution in [0.25, 0.3) is 0 Å². The Kier molecular flexibility index (Phi) is 3.14. The van der Waals surface area contributed by atoms with Crippen LogP contribution >= 0.6 is 0 Å². The Hall–Kier alpha value is -1.78. The van der Waals surface area contributed by atoms with E-state index in [1.165, 1.54) is 14.2 Å². The molecule has 1 N–H and O–H groups in total. The molecule has 1 aromatic heterocycles. The fourth-order valence-corrected chi connectivity index (χ4v) is 1.46. The second kappa shape index (κ2) is 4.16. The molecule has 0 aliphatic rings. The van der Waals surface area contributed by atoms with Crippen LogP contribution in [0.1, 0.15) is 32.1 Å². The molecule has 1 aromatic rings. The van der Waals surface area contributed by atoms with Crippen LogP contribution in [0.3, 0.4) is 0 Å². The van der Waals surface area contributed by atoms with Gasteiger partial charge in [-0.1, -0.05) is 0 Å². The molecule has 15 heavy (non-hydrogen) atoms. The van der Waals surface area contributed by atoms with Gasteiger partial charge in [0, 0.05) is 5.69 Å². The van der Waals surface area contributed by atoms with Gasteiger partial charge < -0.3 is 14.5 Å². The lowest BCUT2D eigenvalue weighted by atomic mass is 10.1. The van der Waals surface area contributed by atoms with Crippen molar-refractivity contribution in [3.63, 3.8) is 0 Å². The summed E-state index contributed by atoms with van der Waals surface area (Å²) < 4.78 is 9.19. The minimum atomic E-state index is -0.495. The van der Waals surface area contributed by atoms with Gasteiger partial charge in [0.25, 0.3) is 0 Å². The van der Waals surface area contributed by atoms with Gasteiger partial charge in [-0.25, -0.2) is 9.59 Å². The topological polar surface area (TPSA) is 68.4 Å². The summed E-state index contributed by atoms with van der Waals surface area (Å²) in [4.78, 5) is 25.5. The normalized spacial score (nSPS) is 9.87. The predicted octanol–water partition coefficient (Wildman–Crippen LogP) is 1.20. The Labute approximate surface area is 87.4 Å². The Morgan fingerprint density at radius 1 is 1.07 bits per heavy atom. The third-order valence-corrected chi connectivity index (χ3v) is 2.22. The number of aromatic nitrogens is 1. The summed E-state index contributed by atoms with van der Waals surface area (Å²) in [5.41, 5.74) is 1.82. The number of ether oxygens (including phenoxy) is 2. The first-order valence-corrected chi connectivity index (χ1v) is 4.38. The number of nitrogens with one attached hydrogen (secondary N) is 1. The Morgan fingerprint density at radius 2 is 1.60 bits per heavy atom. The highest BCUT2D eigenvalue weighted by Crippen LogP contribution is 2.19. The molecule has 0 saturated heterocycles. The monoisotopic (exact) mass is 211 g/mol. The van der Waals surface area contributed by atoms with Crippen LogP contribution in [0.15, 0.2) is 0 Å². The van der Waals surface area contributed by atoms with Crippen molar-refractivity contribution < 1.29 is 19.1 Å². The van der Waals surface area contributed by atoms with Crippen molar-refractivity contribution in [2.45, 2.75) is 13.8 Å². The average Bonchev–Trinajstić information content (AvgIpc) is 2.52. The standard InChI is InChI=1S/C10H13NO4/c1-5-7(9(12)14-3)6(2)11-8(5)10(13)15-4/h11H,1-4H3. The van der Waals surface area contributed by atoms with Crippen molar-refractivity contribution in [2.75, 3.05) is 14.2 Å². The first kappa shape index (κ1) is 11.3. The summed E-state index contributed by atoms with van der Waals surface area (Å²) in [6.45, 7) is 3.37. The van der Waals surface area contributed by atoms with Gasteiger partial charge in [0.1, 0.15) is 5.69 Å². The number of aryl methyl sites for hydroxylation is 1. The zero-order chi connectivity index (χ0) is 11.6. The van der Waals surface area contributed by atoms with Gasteiger partial charge in [-0.15, -0.1) is 0 Å².